The molecule has 0 aromatic carbocycles. The van der Waals surface area contributed by atoms with Gasteiger partial charge in [-0.2, -0.15) is 0 Å². The van der Waals surface area contributed by atoms with Crippen molar-refractivity contribution in [1.82, 2.24) is 9.97 Å². The third kappa shape index (κ3) is 3.42. The third-order valence-electron chi connectivity index (χ3n) is 3.02. The van der Waals surface area contributed by atoms with Gasteiger partial charge in [0, 0.05) is 30.0 Å². The zero-order valence-corrected chi connectivity index (χ0v) is 12.6. The molecule has 0 atom stereocenters. The van der Waals surface area contributed by atoms with Gasteiger partial charge in [0.05, 0.1) is 17.8 Å². The van der Waals surface area contributed by atoms with Crippen molar-refractivity contribution in [3.63, 3.8) is 0 Å². The van der Waals surface area contributed by atoms with Crippen LogP contribution < -0.4 is 4.90 Å². The highest BCUT2D eigenvalue weighted by molar-refractivity contribution is 9.10. The first kappa shape index (κ1) is 14.2. The van der Waals surface area contributed by atoms with Crippen LogP contribution in [0.5, 0.6) is 0 Å². The first-order chi connectivity index (χ1) is 9.26. The number of aromatic nitrogens is 2. The molecule has 2 heterocycles. The molecule has 0 fully saturated rings. The van der Waals surface area contributed by atoms with Crippen molar-refractivity contribution in [2.75, 3.05) is 24.6 Å². The molecule has 0 saturated heterocycles. The molecule has 2 aromatic heterocycles. The van der Waals surface area contributed by atoms with Gasteiger partial charge in [0.2, 0.25) is 0 Å². The van der Waals surface area contributed by atoms with Gasteiger partial charge < -0.3 is 10.0 Å². The predicted molar refractivity (Wildman–Crippen MR) is 81.4 cm³/mol. The Hall–Kier alpha value is -1.20. The molecule has 1 N–H and O–H groups in total. The van der Waals surface area contributed by atoms with E-state index < -0.39 is 0 Å². The lowest BCUT2D eigenvalue weighted by Crippen LogP contribution is -2.28. The molecule has 2 aromatic rings. The lowest BCUT2D eigenvalue weighted by molar-refractivity contribution is 0.301. The number of halogens is 1. The second-order valence-electron chi connectivity index (χ2n) is 4.42. The zero-order valence-electron chi connectivity index (χ0n) is 11.0. The van der Waals surface area contributed by atoms with Crippen LogP contribution in [0.3, 0.4) is 0 Å². The topological polar surface area (TPSA) is 49.2 Å². The highest BCUT2D eigenvalue weighted by Gasteiger charge is 2.11. The van der Waals surface area contributed by atoms with Crippen LogP contribution in [-0.2, 0) is 0 Å². The van der Waals surface area contributed by atoms with E-state index in [9.17, 15) is 5.11 Å². The Morgan fingerprint density at radius 1 is 1.32 bits per heavy atom. The van der Waals surface area contributed by atoms with Crippen molar-refractivity contribution >= 4 is 32.7 Å². The van der Waals surface area contributed by atoms with Gasteiger partial charge in [0.25, 0.3) is 0 Å². The number of hydrogen-bond donors (Lipinski definition) is 1. The van der Waals surface area contributed by atoms with E-state index in [0.29, 0.717) is 6.54 Å². The SMILES string of the molecule is CCCCN(CCO)c1ccnc2cc(Br)cnc12. The maximum Gasteiger partial charge on any atom is 0.112 e. The average molecular weight is 324 g/mol. The summed E-state index contributed by atoms with van der Waals surface area (Å²) in [4.78, 5) is 11.0. The van der Waals surface area contributed by atoms with Gasteiger partial charge in [-0.25, -0.2) is 0 Å². The summed E-state index contributed by atoms with van der Waals surface area (Å²) in [6, 6.07) is 3.93. The van der Waals surface area contributed by atoms with E-state index in [1.54, 1.807) is 12.4 Å². The van der Waals surface area contributed by atoms with Gasteiger partial charge in [-0.1, -0.05) is 13.3 Å². The molecule has 0 unspecified atom stereocenters. The summed E-state index contributed by atoms with van der Waals surface area (Å²) in [6.07, 6.45) is 5.80. The van der Waals surface area contributed by atoms with E-state index in [0.717, 1.165) is 40.6 Å². The Morgan fingerprint density at radius 2 is 2.16 bits per heavy atom. The molecule has 0 aliphatic carbocycles. The molecule has 0 amide bonds. The molecule has 0 bridgehead atoms. The van der Waals surface area contributed by atoms with Crippen molar-refractivity contribution in [2.24, 2.45) is 0 Å². The van der Waals surface area contributed by atoms with Gasteiger partial charge in [0.15, 0.2) is 0 Å². The highest BCUT2D eigenvalue weighted by Crippen LogP contribution is 2.25. The molecular formula is C14H18BrN3O. The van der Waals surface area contributed by atoms with Crippen LogP contribution in [0.4, 0.5) is 5.69 Å². The van der Waals surface area contributed by atoms with Crippen molar-refractivity contribution in [2.45, 2.75) is 19.8 Å². The quantitative estimate of drug-likeness (QED) is 0.887. The molecule has 0 aliphatic rings. The summed E-state index contributed by atoms with van der Waals surface area (Å²) >= 11 is 3.41. The summed E-state index contributed by atoms with van der Waals surface area (Å²) in [7, 11) is 0. The van der Waals surface area contributed by atoms with Gasteiger partial charge in [-0.05, 0) is 34.5 Å². The lowest BCUT2D eigenvalue weighted by Gasteiger charge is -2.24. The summed E-state index contributed by atoms with van der Waals surface area (Å²) in [5, 5.41) is 9.23. The minimum Gasteiger partial charge on any atom is -0.395 e. The van der Waals surface area contributed by atoms with Crippen LogP contribution in [0.15, 0.2) is 29.0 Å². The Labute approximate surface area is 121 Å². The van der Waals surface area contributed by atoms with Crippen LogP contribution in [0.2, 0.25) is 0 Å². The summed E-state index contributed by atoms with van der Waals surface area (Å²) in [6.45, 7) is 3.85. The zero-order chi connectivity index (χ0) is 13.7. The molecule has 102 valence electrons. The number of pyridine rings is 2. The second-order valence-corrected chi connectivity index (χ2v) is 5.33. The van der Waals surface area contributed by atoms with E-state index in [4.69, 9.17) is 0 Å². The molecule has 0 spiro atoms. The number of rotatable bonds is 6. The summed E-state index contributed by atoms with van der Waals surface area (Å²) < 4.78 is 0.923. The Kier molecular flexibility index (Phi) is 5.10. The van der Waals surface area contributed by atoms with E-state index in [1.165, 1.54) is 0 Å². The maximum atomic E-state index is 9.23. The number of aliphatic hydroxyl groups is 1. The predicted octanol–water partition coefficient (Wildman–Crippen LogP) is 2.99. The fourth-order valence-corrected chi connectivity index (χ4v) is 2.39. The minimum atomic E-state index is 0.143. The summed E-state index contributed by atoms with van der Waals surface area (Å²) in [5.74, 6) is 0. The number of unbranched alkanes of at least 4 members (excludes halogenated alkanes) is 1. The third-order valence-corrected chi connectivity index (χ3v) is 3.45. The molecule has 5 heteroatoms. The van der Waals surface area contributed by atoms with Crippen molar-refractivity contribution in [1.29, 1.82) is 0 Å². The van der Waals surface area contributed by atoms with Gasteiger partial charge in [-0.3, -0.25) is 9.97 Å². The Bertz CT molecular complexity index is 547. The van der Waals surface area contributed by atoms with Gasteiger partial charge >= 0.3 is 0 Å². The van der Waals surface area contributed by atoms with Crippen LogP contribution in [0.1, 0.15) is 19.8 Å². The fraction of sp³-hybridized carbons (Fsp3) is 0.429. The highest BCUT2D eigenvalue weighted by atomic mass is 79.9. The number of fused-ring (bicyclic) bond motifs is 1. The molecule has 0 aliphatic heterocycles. The van der Waals surface area contributed by atoms with Crippen LogP contribution in [0, 0.1) is 0 Å². The van der Waals surface area contributed by atoms with Gasteiger partial charge in [0.1, 0.15) is 5.52 Å². The number of hydrogen-bond acceptors (Lipinski definition) is 4. The largest absolute Gasteiger partial charge is 0.395 e. The average Bonchev–Trinajstić information content (AvgIpc) is 2.42. The van der Waals surface area contributed by atoms with Crippen molar-refractivity contribution in [3.05, 3.63) is 29.0 Å². The Balaban J connectivity index is 2.40. The first-order valence-electron chi connectivity index (χ1n) is 6.52. The van der Waals surface area contributed by atoms with Crippen molar-refractivity contribution in [3.8, 4) is 0 Å². The normalized spacial score (nSPS) is 10.9. The lowest BCUT2D eigenvalue weighted by atomic mass is 10.2. The van der Waals surface area contributed by atoms with Crippen LogP contribution in [-0.4, -0.2) is 34.8 Å². The molecule has 19 heavy (non-hydrogen) atoms. The summed E-state index contributed by atoms with van der Waals surface area (Å²) in [5.41, 5.74) is 2.79. The van der Waals surface area contributed by atoms with E-state index >= 15 is 0 Å². The standard InChI is InChI=1S/C14H18BrN3O/c1-2-3-6-18(7-8-19)13-4-5-16-12-9-11(15)10-17-14(12)13/h4-5,9-10,19H,2-3,6-8H2,1H3. The van der Waals surface area contributed by atoms with E-state index in [2.05, 4.69) is 37.7 Å². The smallest absolute Gasteiger partial charge is 0.112 e. The fourth-order valence-electron chi connectivity index (χ4n) is 2.07. The second kappa shape index (κ2) is 6.82. The van der Waals surface area contributed by atoms with E-state index in [1.807, 2.05) is 12.1 Å². The minimum absolute atomic E-state index is 0.143. The molecule has 0 radical (unpaired) electrons. The molecule has 4 nitrogen and oxygen atoms in total. The van der Waals surface area contributed by atoms with Crippen molar-refractivity contribution < 1.29 is 5.11 Å². The van der Waals surface area contributed by atoms with E-state index in [-0.39, 0.29) is 6.61 Å². The number of anilines is 1. The molecule has 2 rings (SSSR count). The van der Waals surface area contributed by atoms with Crippen LogP contribution in [0.25, 0.3) is 11.0 Å². The molecular weight excluding hydrogens is 306 g/mol. The molecule has 0 saturated carbocycles. The first-order valence-corrected chi connectivity index (χ1v) is 7.31. The maximum absolute atomic E-state index is 9.23. The van der Waals surface area contributed by atoms with Gasteiger partial charge in [-0.15, -0.1) is 0 Å². The number of aliphatic hydroxyl groups excluding tert-OH is 1. The monoisotopic (exact) mass is 323 g/mol. The Morgan fingerprint density at radius 3 is 2.89 bits per heavy atom. The number of nitrogens with zero attached hydrogens (tertiary/aromatic N) is 3. The van der Waals surface area contributed by atoms with Crippen LogP contribution >= 0.6 is 15.9 Å².